The highest BCUT2D eigenvalue weighted by Crippen LogP contribution is 2.20. The van der Waals surface area contributed by atoms with Gasteiger partial charge in [0.25, 0.3) is 5.69 Å². The summed E-state index contributed by atoms with van der Waals surface area (Å²) in [5.74, 6) is 0. The molecule has 0 unspecified atom stereocenters. The van der Waals surface area contributed by atoms with E-state index in [0.717, 1.165) is 5.52 Å². The summed E-state index contributed by atoms with van der Waals surface area (Å²) in [6.07, 6.45) is 1.51. The zero-order chi connectivity index (χ0) is 15.6. The van der Waals surface area contributed by atoms with E-state index in [2.05, 4.69) is 9.97 Å². The summed E-state index contributed by atoms with van der Waals surface area (Å²) >= 11 is 0. The van der Waals surface area contributed by atoms with Gasteiger partial charge in [-0.25, -0.2) is 4.98 Å². The van der Waals surface area contributed by atoms with Crippen LogP contribution < -0.4 is 0 Å². The Morgan fingerprint density at radius 3 is 2.35 bits per heavy atom. The maximum absolute atomic E-state index is 10.7. The number of benzene rings is 1. The van der Waals surface area contributed by atoms with Crippen molar-refractivity contribution < 1.29 is 31.1 Å². The zero-order valence-electron chi connectivity index (χ0n) is 9.33. The number of halogens is 3. The van der Waals surface area contributed by atoms with Crippen molar-refractivity contribution in [3.63, 3.8) is 0 Å². The Bertz CT molecular complexity index is 724. The highest BCUT2D eigenvalue weighted by Gasteiger charge is 2.44. The summed E-state index contributed by atoms with van der Waals surface area (Å²) in [4.78, 5) is 16.7. The second kappa shape index (κ2) is 5.42. The first kappa shape index (κ1) is 15.8. The second-order valence-electron chi connectivity index (χ2n) is 3.28. The first-order valence-electron chi connectivity index (χ1n) is 4.63. The predicted octanol–water partition coefficient (Wildman–Crippen LogP) is 1.87. The maximum Gasteiger partial charge on any atom is 0.522 e. The first-order valence-corrected chi connectivity index (χ1v) is 6.07. The van der Waals surface area contributed by atoms with E-state index >= 15 is 0 Å². The van der Waals surface area contributed by atoms with Gasteiger partial charge in [0.1, 0.15) is 0 Å². The lowest BCUT2D eigenvalue weighted by Gasteiger charge is -1.97. The average Bonchev–Trinajstić information content (AvgIpc) is 2.73. The Kier molecular flexibility index (Phi) is 4.29. The molecule has 8 nitrogen and oxygen atoms in total. The van der Waals surface area contributed by atoms with Crippen LogP contribution in [0.25, 0.3) is 11.0 Å². The topological polar surface area (TPSA) is 126 Å². The van der Waals surface area contributed by atoms with Crippen molar-refractivity contribution in [2.75, 3.05) is 0 Å². The van der Waals surface area contributed by atoms with Crippen molar-refractivity contribution in [1.29, 1.82) is 0 Å². The van der Waals surface area contributed by atoms with Crippen LogP contribution in [0.2, 0.25) is 0 Å². The molecule has 0 bridgehead atoms. The number of rotatable bonds is 1. The van der Waals surface area contributed by atoms with Crippen LogP contribution >= 0.6 is 0 Å². The molecule has 0 saturated carbocycles. The first-order chi connectivity index (χ1) is 9.02. The number of nitrogens with one attached hydrogen (secondary N) is 1. The van der Waals surface area contributed by atoms with Crippen LogP contribution in [-0.4, -0.2) is 33.4 Å². The number of hydrogen-bond acceptors (Lipinski definition) is 5. The van der Waals surface area contributed by atoms with Gasteiger partial charge in [-0.3, -0.25) is 14.7 Å². The molecule has 1 heterocycles. The number of imidazole rings is 1. The van der Waals surface area contributed by atoms with Crippen molar-refractivity contribution in [2.24, 2.45) is 0 Å². The molecule has 2 aromatic rings. The summed E-state index contributed by atoms with van der Waals surface area (Å²) in [7, 11) is -5.84. The number of nitro groups is 1. The largest absolute Gasteiger partial charge is 0.522 e. The number of aromatic amines is 1. The normalized spacial score (nSPS) is 11.8. The quantitative estimate of drug-likeness (QED) is 0.358. The van der Waals surface area contributed by atoms with Gasteiger partial charge in [-0.05, 0) is 6.07 Å². The summed E-state index contributed by atoms with van der Waals surface area (Å²) in [6.45, 7) is 0. The molecule has 2 N–H and O–H groups in total. The fourth-order valence-corrected chi connectivity index (χ4v) is 1.03. The van der Waals surface area contributed by atoms with Gasteiger partial charge in [-0.15, -0.1) is 0 Å². The van der Waals surface area contributed by atoms with Crippen LogP contribution in [0, 0.1) is 10.1 Å². The van der Waals surface area contributed by atoms with Crippen molar-refractivity contribution in [1.82, 2.24) is 9.97 Å². The number of H-pyrrole nitrogens is 1. The number of fused-ring (bicyclic) bond motifs is 1. The summed E-state index contributed by atoms with van der Waals surface area (Å²) in [5, 5.41) is 10.3. The van der Waals surface area contributed by atoms with Crippen molar-refractivity contribution >= 4 is 26.8 Å². The molecular formula is C8H6F3N3O5S. The highest BCUT2D eigenvalue weighted by molar-refractivity contribution is 7.86. The Morgan fingerprint density at radius 2 is 1.90 bits per heavy atom. The van der Waals surface area contributed by atoms with Crippen molar-refractivity contribution in [3.8, 4) is 0 Å². The lowest BCUT2D eigenvalue weighted by Crippen LogP contribution is -2.21. The van der Waals surface area contributed by atoms with Crippen molar-refractivity contribution in [3.05, 3.63) is 34.6 Å². The molecule has 0 aliphatic carbocycles. The predicted molar refractivity (Wildman–Crippen MR) is 60.4 cm³/mol. The van der Waals surface area contributed by atoms with Gasteiger partial charge in [-0.2, -0.15) is 21.6 Å². The summed E-state index contributed by atoms with van der Waals surface area (Å²) in [5.41, 5.74) is -4.05. The van der Waals surface area contributed by atoms with E-state index in [1.165, 1.54) is 18.5 Å². The molecule has 20 heavy (non-hydrogen) atoms. The molecule has 0 atom stereocenters. The minimum Gasteiger partial charge on any atom is -0.345 e. The van der Waals surface area contributed by atoms with Gasteiger partial charge in [0.05, 0.1) is 22.3 Å². The van der Waals surface area contributed by atoms with Gasteiger partial charge < -0.3 is 4.98 Å². The molecule has 0 saturated heterocycles. The molecule has 1 aromatic carbocycles. The molecule has 0 aliphatic heterocycles. The van der Waals surface area contributed by atoms with E-state index in [9.17, 15) is 23.3 Å². The van der Waals surface area contributed by atoms with E-state index < -0.39 is 20.5 Å². The van der Waals surface area contributed by atoms with Crippen molar-refractivity contribution in [2.45, 2.75) is 5.51 Å². The maximum atomic E-state index is 10.7. The van der Waals surface area contributed by atoms with Crippen LogP contribution in [-0.2, 0) is 10.1 Å². The van der Waals surface area contributed by atoms with Crippen LogP contribution in [0.3, 0.4) is 0 Å². The fourth-order valence-electron chi connectivity index (χ4n) is 1.03. The molecule has 0 fully saturated rings. The van der Waals surface area contributed by atoms with Gasteiger partial charge in [0, 0.05) is 12.1 Å². The smallest absolute Gasteiger partial charge is 0.345 e. The Morgan fingerprint density at radius 1 is 1.35 bits per heavy atom. The molecule has 1 aromatic heterocycles. The van der Waals surface area contributed by atoms with E-state index in [0.29, 0.717) is 5.52 Å². The number of non-ortho nitro benzene ring substituents is 1. The van der Waals surface area contributed by atoms with Crippen LogP contribution in [0.1, 0.15) is 0 Å². The molecule has 2 rings (SSSR count). The van der Waals surface area contributed by atoms with Gasteiger partial charge in [0.2, 0.25) is 0 Å². The lowest BCUT2D eigenvalue weighted by molar-refractivity contribution is -0.384. The SMILES string of the molecule is O=S(=O)(O)C(F)(F)F.O=[N+]([O-])c1ccc2[nH]cnc2c1. The third-order valence-electron chi connectivity index (χ3n) is 1.91. The molecule has 0 amide bonds. The van der Waals surface area contributed by atoms with Crippen LogP contribution in [0.5, 0.6) is 0 Å². The molecule has 110 valence electrons. The molecule has 12 heteroatoms. The Labute approximate surface area is 109 Å². The van der Waals surface area contributed by atoms with E-state index in [1.807, 2.05) is 0 Å². The monoisotopic (exact) mass is 313 g/mol. The molecule has 0 radical (unpaired) electrons. The second-order valence-corrected chi connectivity index (χ2v) is 4.69. The number of nitrogens with zero attached hydrogens (tertiary/aromatic N) is 2. The van der Waals surface area contributed by atoms with E-state index in [1.54, 1.807) is 6.07 Å². The number of hydrogen-bond donors (Lipinski definition) is 2. The Hall–Kier alpha value is -2.21. The summed E-state index contributed by atoms with van der Waals surface area (Å²) < 4.78 is 57.5. The van der Waals surface area contributed by atoms with Gasteiger partial charge in [-0.1, -0.05) is 0 Å². The number of aromatic nitrogens is 2. The molecule has 0 aliphatic rings. The van der Waals surface area contributed by atoms with Crippen LogP contribution in [0.15, 0.2) is 24.5 Å². The Balaban J connectivity index is 0.000000221. The molecule has 0 spiro atoms. The van der Waals surface area contributed by atoms with Crippen LogP contribution in [0.4, 0.5) is 18.9 Å². The highest BCUT2D eigenvalue weighted by atomic mass is 32.2. The number of nitro benzene ring substituents is 1. The lowest BCUT2D eigenvalue weighted by atomic mass is 10.3. The zero-order valence-corrected chi connectivity index (χ0v) is 10.1. The van der Waals surface area contributed by atoms with E-state index in [-0.39, 0.29) is 5.69 Å². The minimum absolute atomic E-state index is 0.0644. The molecular weight excluding hydrogens is 307 g/mol. The fraction of sp³-hybridized carbons (Fsp3) is 0.125. The standard InChI is InChI=1S/C7H5N3O2.CHF3O3S/c11-10(12)5-1-2-6-7(3-5)9-4-8-6;2-1(3,4)8(5,6)7/h1-4H,(H,8,9);(H,5,6,7). The van der Waals surface area contributed by atoms with Gasteiger partial charge >= 0.3 is 15.6 Å². The van der Waals surface area contributed by atoms with Gasteiger partial charge in [0.15, 0.2) is 0 Å². The third-order valence-corrected chi connectivity index (χ3v) is 2.49. The van der Waals surface area contributed by atoms with E-state index in [4.69, 9.17) is 13.0 Å². The minimum atomic E-state index is -5.84. The summed E-state index contributed by atoms with van der Waals surface area (Å²) in [6, 6.07) is 4.52. The number of alkyl halides is 3. The average molecular weight is 313 g/mol. The third kappa shape index (κ3) is 3.89.